The lowest BCUT2D eigenvalue weighted by Crippen LogP contribution is -2.02. The van der Waals surface area contributed by atoms with E-state index < -0.39 is 0 Å². The molecule has 0 saturated heterocycles. The minimum absolute atomic E-state index is 0.676. The second-order valence-electron chi connectivity index (χ2n) is 4.29. The minimum Gasteiger partial charge on any atom is -0.339 e. The van der Waals surface area contributed by atoms with Crippen molar-refractivity contribution in [2.75, 3.05) is 11.9 Å². The molecular formula is C14H18N4. The Bertz CT molecular complexity index is 520. The average Bonchev–Trinajstić information content (AvgIpc) is 2.37. The van der Waals surface area contributed by atoms with Gasteiger partial charge in [-0.2, -0.15) is 0 Å². The van der Waals surface area contributed by atoms with Gasteiger partial charge in [-0.3, -0.25) is 4.98 Å². The van der Waals surface area contributed by atoms with Crippen molar-refractivity contribution in [1.82, 2.24) is 9.97 Å². The van der Waals surface area contributed by atoms with E-state index in [0.29, 0.717) is 6.54 Å². The van der Waals surface area contributed by atoms with E-state index in [9.17, 15) is 0 Å². The second kappa shape index (κ2) is 5.60. The molecule has 0 aliphatic carbocycles. The molecule has 0 saturated carbocycles. The highest BCUT2D eigenvalue weighted by Crippen LogP contribution is 2.15. The van der Waals surface area contributed by atoms with Gasteiger partial charge >= 0.3 is 0 Å². The van der Waals surface area contributed by atoms with Crippen LogP contribution in [-0.2, 0) is 6.42 Å². The van der Waals surface area contributed by atoms with E-state index in [0.717, 1.165) is 29.3 Å². The van der Waals surface area contributed by atoms with Gasteiger partial charge in [0.15, 0.2) is 0 Å². The number of nitrogens with one attached hydrogen (secondary N) is 1. The largest absolute Gasteiger partial charge is 0.339 e. The maximum absolute atomic E-state index is 5.52. The summed E-state index contributed by atoms with van der Waals surface area (Å²) in [5.41, 5.74) is 9.67. The van der Waals surface area contributed by atoms with E-state index in [4.69, 9.17) is 5.73 Å². The summed E-state index contributed by atoms with van der Waals surface area (Å²) in [5.74, 6) is 0.768. The standard InChI is InChI=1S/C14H18N4/c1-10-11(2)17-14(9-16-10)18-13-5-3-12(4-6-13)7-8-15/h3-6,9H,7-8,15H2,1-2H3,(H,17,18). The highest BCUT2D eigenvalue weighted by molar-refractivity contribution is 5.55. The van der Waals surface area contributed by atoms with E-state index in [1.807, 2.05) is 26.0 Å². The third-order valence-corrected chi connectivity index (χ3v) is 2.85. The van der Waals surface area contributed by atoms with Crippen LogP contribution in [0.1, 0.15) is 17.0 Å². The number of aryl methyl sites for hydroxylation is 2. The molecule has 0 amide bonds. The molecule has 1 aromatic carbocycles. The van der Waals surface area contributed by atoms with Crippen molar-refractivity contribution in [1.29, 1.82) is 0 Å². The Kier molecular flexibility index (Phi) is 3.89. The molecule has 0 unspecified atom stereocenters. The van der Waals surface area contributed by atoms with Gasteiger partial charge in [-0.25, -0.2) is 4.98 Å². The SMILES string of the molecule is Cc1ncc(Nc2ccc(CCN)cc2)nc1C. The van der Waals surface area contributed by atoms with Gasteiger partial charge in [0.1, 0.15) is 5.82 Å². The number of aromatic nitrogens is 2. The lowest BCUT2D eigenvalue weighted by molar-refractivity contribution is 0.969. The lowest BCUT2D eigenvalue weighted by atomic mass is 10.1. The molecule has 0 radical (unpaired) electrons. The van der Waals surface area contributed by atoms with Crippen molar-refractivity contribution in [2.24, 2.45) is 5.73 Å². The van der Waals surface area contributed by atoms with Gasteiger partial charge in [-0.15, -0.1) is 0 Å². The third kappa shape index (κ3) is 3.05. The normalized spacial score (nSPS) is 10.4. The summed E-state index contributed by atoms with van der Waals surface area (Å²) in [6.45, 7) is 4.58. The number of hydrogen-bond acceptors (Lipinski definition) is 4. The smallest absolute Gasteiger partial charge is 0.149 e. The number of anilines is 2. The Hall–Kier alpha value is -1.94. The Balaban J connectivity index is 2.10. The van der Waals surface area contributed by atoms with Crippen LogP contribution in [0.2, 0.25) is 0 Å². The number of benzene rings is 1. The van der Waals surface area contributed by atoms with Gasteiger partial charge in [0.2, 0.25) is 0 Å². The summed E-state index contributed by atoms with van der Waals surface area (Å²) in [6, 6.07) is 8.21. The molecule has 18 heavy (non-hydrogen) atoms. The number of hydrogen-bond donors (Lipinski definition) is 2. The number of rotatable bonds is 4. The Morgan fingerprint density at radius 3 is 2.44 bits per heavy atom. The van der Waals surface area contributed by atoms with Gasteiger partial charge in [0, 0.05) is 5.69 Å². The molecule has 0 aliphatic heterocycles. The minimum atomic E-state index is 0.676. The van der Waals surface area contributed by atoms with Gasteiger partial charge in [0.25, 0.3) is 0 Å². The van der Waals surface area contributed by atoms with E-state index in [1.54, 1.807) is 6.20 Å². The van der Waals surface area contributed by atoms with Crippen LogP contribution in [0.3, 0.4) is 0 Å². The predicted molar refractivity (Wildman–Crippen MR) is 74.0 cm³/mol. The maximum Gasteiger partial charge on any atom is 0.149 e. The summed E-state index contributed by atoms with van der Waals surface area (Å²) < 4.78 is 0. The van der Waals surface area contributed by atoms with Gasteiger partial charge in [-0.1, -0.05) is 12.1 Å². The van der Waals surface area contributed by atoms with E-state index in [-0.39, 0.29) is 0 Å². The molecule has 0 spiro atoms. The van der Waals surface area contributed by atoms with E-state index in [1.165, 1.54) is 5.56 Å². The zero-order chi connectivity index (χ0) is 13.0. The molecule has 0 aliphatic rings. The van der Waals surface area contributed by atoms with E-state index >= 15 is 0 Å². The first-order valence-electron chi connectivity index (χ1n) is 6.05. The van der Waals surface area contributed by atoms with Crippen molar-refractivity contribution in [3.63, 3.8) is 0 Å². The number of nitrogens with zero attached hydrogens (tertiary/aromatic N) is 2. The first-order valence-corrected chi connectivity index (χ1v) is 6.05. The zero-order valence-corrected chi connectivity index (χ0v) is 10.8. The van der Waals surface area contributed by atoms with Gasteiger partial charge < -0.3 is 11.1 Å². The van der Waals surface area contributed by atoms with E-state index in [2.05, 4.69) is 27.4 Å². The predicted octanol–water partition coefficient (Wildman–Crippen LogP) is 2.34. The molecule has 1 aromatic heterocycles. The molecule has 4 heteroatoms. The Labute approximate surface area is 107 Å². The number of nitrogens with two attached hydrogens (primary N) is 1. The summed E-state index contributed by atoms with van der Waals surface area (Å²) >= 11 is 0. The van der Waals surface area contributed by atoms with Gasteiger partial charge in [-0.05, 0) is 44.5 Å². The highest BCUT2D eigenvalue weighted by atomic mass is 15.0. The molecule has 2 aromatic rings. The molecule has 3 N–H and O–H groups in total. The fourth-order valence-electron chi connectivity index (χ4n) is 1.67. The Morgan fingerprint density at radius 1 is 1.11 bits per heavy atom. The lowest BCUT2D eigenvalue weighted by Gasteiger charge is -2.07. The van der Waals surface area contributed by atoms with Crippen molar-refractivity contribution >= 4 is 11.5 Å². The monoisotopic (exact) mass is 242 g/mol. The molecule has 0 atom stereocenters. The van der Waals surface area contributed by atoms with Crippen molar-refractivity contribution in [2.45, 2.75) is 20.3 Å². The molecule has 94 valence electrons. The summed E-state index contributed by atoms with van der Waals surface area (Å²) in [4.78, 5) is 8.71. The fourth-order valence-corrected chi connectivity index (χ4v) is 1.67. The van der Waals surface area contributed by atoms with Crippen molar-refractivity contribution < 1.29 is 0 Å². The topological polar surface area (TPSA) is 63.8 Å². The summed E-state index contributed by atoms with van der Waals surface area (Å²) in [6.07, 6.45) is 2.65. The summed E-state index contributed by atoms with van der Waals surface area (Å²) in [7, 11) is 0. The summed E-state index contributed by atoms with van der Waals surface area (Å²) in [5, 5.41) is 3.24. The van der Waals surface area contributed by atoms with Crippen LogP contribution in [0.4, 0.5) is 11.5 Å². The van der Waals surface area contributed by atoms with Crippen LogP contribution in [0.15, 0.2) is 30.5 Å². The molecule has 2 rings (SSSR count). The van der Waals surface area contributed by atoms with Crippen molar-refractivity contribution in [3.05, 3.63) is 47.4 Å². The first kappa shape index (κ1) is 12.5. The van der Waals surface area contributed by atoms with Crippen molar-refractivity contribution in [3.8, 4) is 0 Å². The molecule has 4 nitrogen and oxygen atoms in total. The van der Waals surface area contributed by atoms with Crippen LogP contribution in [0, 0.1) is 13.8 Å². The molecule has 1 heterocycles. The first-order chi connectivity index (χ1) is 8.69. The van der Waals surface area contributed by atoms with Crippen LogP contribution in [0.25, 0.3) is 0 Å². The average molecular weight is 242 g/mol. The fraction of sp³-hybridized carbons (Fsp3) is 0.286. The van der Waals surface area contributed by atoms with Crippen LogP contribution < -0.4 is 11.1 Å². The van der Waals surface area contributed by atoms with Crippen LogP contribution >= 0.6 is 0 Å². The Morgan fingerprint density at radius 2 is 1.83 bits per heavy atom. The molecular weight excluding hydrogens is 224 g/mol. The third-order valence-electron chi connectivity index (χ3n) is 2.85. The second-order valence-corrected chi connectivity index (χ2v) is 4.29. The quantitative estimate of drug-likeness (QED) is 0.863. The highest BCUT2D eigenvalue weighted by Gasteiger charge is 2.00. The molecule has 0 bridgehead atoms. The van der Waals surface area contributed by atoms with Gasteiger partial charge in [0.05, 0.1) is 17.6 Å². The maximum atomic E-state index is 5.52. The zero-order valence-electron chi connectivity index (χ0n) is 10.8. The molecule has 0 fully saturated rings. The van der Waals surface area contributed by atoms with Crippen LogP contribution in [0.5, 0.6) is 0 Å². The van der Waals surface area contributed by atoms with Crippen LogP contribution in [-0.4, -0.2) is 16.5 Å².